The van der Waals surface area contributed by atoms with Crippen molar-refractivity contribution in [3.8, 4) is 0 Å². The molecule has 0 aliphatic rings. The number of rotatable bonds is 4. The summed E-state index contributed by atoms with van der Waals surface area (Å²) in [5.74, 6) is -0.810. The molecule has 1 heterocycles. The van der Waals surface area contributed by atoms with Gasteiger partial charge in [0.2, 0.25) is 0 Å². The lowest BCUT2D eigenvalue weighted by molar-refractivity contribution is -0.136. The largest absolute Gasteiger partial charge is 0.481 e. The van der Waals surface area contributed by atoms with Crippen molar-refractivity contribution >= 4 is 17.3 Å². The average Bonchev–Trinajstić information content (AvgIpc) is 2.68. The van der Waals surface area contributed by atoms with Gasteiger partial charge in [-0.25, -0.2) is 4.98 Å². The highest BCUT2D eigenvalue weighted by Gasteiger charge is 2.06. The minimum absolute atomic E-state index is 0.0611. The lowest BCUT2D eigenvalue weighted by Gasteiger charge is -1.98. The summed E-state index contributed by atoms with van der Waals surface area (Å²) in [5.41, 5.74) is 2.44. The summed E-state index contributed by atoms with van der Waals surface area (Å²) in [6.45, 7) is 2.05. The van der Waals surface area contributed by atoms with E-state index in [1.165, 1.54) is 22.5 Å². The number of hydrogen-bond acceptors (Lipinski definition) is 3. The Labute approximate surface area is 104 Å². The number of carbonyl (C=O) groups is 1. The Morgan fingerprint density at radius 2 is 2.06 bits per heavy atom. The molecule has 0 unspecified atom stereocenters. The molecule has 3 nitrogen and oxygen atoms in total. The van der Waals surface area contributed by atoms with Crippen molar-refractivity contribution in [1.82, 2.24) is 4.98 Å². The van der Waals surface area contributed by atoms with Gasteiger partial charge >= 0.3 is 5.97 Å². The van der Waals surface area contributed by atoms with E-state index in [1.807, 2.05) is 0 Å². The third kappa shape index (κ3) is 3.39. The third-order valence-electron chi connectivity index (χ3n) is 2.40. The quantitative estimate of drug-likeness (QED) is 0.903. The molecule has 2 aromatic rings. The fraction of sp³-hybridized carbons (Fsp3) is 0.231. The molecule has 0 spiro atoms. The van der Waals surface area contributed by atoms with Gasteiger partial charge in [-0.2, -0.15) is 0 Å². The van der Waals surface area contributed by atoms with Gasteiger partial charge in [0.15, 0.2) is 0 Å². The van der Waals surface area contributed by atoms with E-state index >= 15 is 0 Å². The van der Waals surface area contributed by atoms with E-state index in [0.29, 0.717) is 0 Å². The van der Waals surface area contributed by atoms with Gasteiger partial charge in [-0.15, -0.1) is 11.3 Å². The van der Waals surface area contributed by atoms with Crippen molar-refractivity contribution in [3.63, 3.8) is 0 Å². The molecule has 0 aliphatic carbocycles. The molecule has 1 N–H and O–H groups in total. The standard InChI is InChI=1S/C13H13NO2S/c1-9-2-4-10(5-3-9)6-12-14-8-11(17-12)7-13(15)16/h2-5,8H,6-7H2,1H3,(H,15,16). The first-order chi connectivity index (χ1) is 8.13. The number of aromatic nitrogens is 1. The van der Waals surface area contributed by atoms with E-state index in [4.69, 9.17) is 5.11 Å². The number of nitrogens with zero attached hydrogens (tertiary/aromatic N) is 1. The normalized spacial score (nSPS) is 10.4. The number of thiazole rings is 1. The predicted octanol–water partition coefficient (Wildman–Crippen LogP) is 2.67. The SMILES string of the molecule is Cc1ccc(Cc2ncc(CC(=O)O)s2)cc1. The van der Waals surface area contributed by atoms with Crippen LogP contribution in [0.5, 0.6) is 0 Å². The molecule has 2 rings (SSSR count). The van der Waals surface area contributed by atoms with E-state index in [-0.39, 0.29) is 6.42 Å². The molecule has 17 heavy (non-hydrogen) atoms. The Hall–Kier alpha value is -1.68. The summed E-state index contributed by atoms with van der Waals surface area (Å²) in [6, 6.07) is 8.30. The molecule has 0 fully saturated rings. The van der Waals surface area contributed by atoms with Crippen LogP contribution in [-0.2, 0) is 17.6 Å². The maximum Gasteiger partial charge on any atom is 0.308 e. The summed E-state index contributed by atoms with van der Waals surface area (Å²) < 4.78 is 0. The first kappa shape index (κ1) is 11.8. The summed E-state index contributed by atoms with van der Waals surface area (Å²) >= 11 is 1.47. The van der Waals surface area contributed by atoms with E-state index in [2.05, 4.69) is 36.2 Å². The number of hydrogen-bond donors (Lipinski definition) is 1. The predicted molar refractivity (Wildman–Crippen MR) is 67.4 cm³/mol. The molecule has 0 saturated heterocycles. The molecule has 0 radical (unpaired) electrons. The second-order valence-corrected chi connectivity index (χ2v) is 5.15. The van der Waals surface area contributed by atoms with Crippen LogP contribution < -0.4 is 0 Å². The van der Waals surface area contributed by atoms with Crippen LogP contribution in [0.1, 0.15) is 21.0 Å². The van der Waals surface area contributed by atoms with Gasteiger partial charge in [-0.05, 0) is 12.5 Å². The van der Waals surface area contributed by atoms with Crippen LogP contribution in [0.15, 0.2) is 30.5 Å². The van der Waals surface area contributed by atoms with Crippen molar-refractivity contribution in [2.24, 2.45) is 0 Å². The molecule has 0 saturated carbocycles. The molecule has 0 atom stereocenters. The van der Waals surface area contributed by atoms with Gasteiger partial charge in [0.1, 0.15) is 0 Å². The number of benzene rings is 1. The fourth-order valence-electron chi connectivity index (χ4n) is 1.54. The van der Waals surface area contributed by atoms with Crippen LogP contribution in [0.4, 0.5) is 0 Å². The van der Waals surface area contributed by atoms with Gasteiger partial charge in [0.25, 0.3) is 0 Å². The van der Waals surface area contributed by atoms with Crippen LogP contribution in [0.2, 0.25) is 0 Å². The molecule has 1 aromatic heterocycles. The van der Waals surface area contributed by atoms with Crippen molar-refractivity contribution in [2.75, 3.05) is 0 Å². The van der Waals surface area contributed by atoms with Gasteiger partial charge < -0.3 is 5.11 Å². The first-order valence-corrected chi connectivity index (χ1v) is 6.16. The van der Waals surface area contributed by atoms with Gasteiger partial charge in [0.05, 0.1) is 11.4 Å². The highest BCUT2D eigenvalue weighted by Crippen LogP contribution is 2.17. The van der Waals surface area contributed by atoms with Crippen LogP contribution >= 0.6 is 11.3 Å². The number of aliphatic carboxylic acids is 1. The zero-order valence-corrected chi connectivity index (χ0v) is 10.3. The zero-order chi connectivity index (χ0) is 12.3. The topological polar surface area (TPSA) is 50.2 Å². The van der Waals surface area contributed by atoms with Crippen LogP contribution in [-0.4, -0.2) is 16.1 Å². The van der Waals surface area contributed by atoms with Crippen LogP contribution in [0.3, 0.4) is 0 Å². The van der Waals surface area contributed by atoms with Gasteiger partial charge in [0, 0.05) is 17.5 Å². The maximum absolute atomic E-state index is 10.6. The monoisotopic (exact) mass is 247 g/mol. The van der Waals surface area contributed by atoms with Crippen molar-refractivity contribution in [3.05, 3.63) is 51.5 Å². The van der Waals surface area contributed by atoms with Gasteiger partial charge in [-0.1, -0.05) is 29.8 Å². The molecule has 0 amide bonds. The van der Waals surface area contributed by atoms with Crippen molar-refractivity contribution in [1.29, 1.82) is 0 Å². The second kappa shape index (κ2) is 5.10. The zero-order valence-electron chi connectivity index (χ0n) is 9.51. The maximum atomic E-state index is 10.6. The average molecular weight is 247 g/mol. The Morgan fingerprint density at radius 1 is 1.35 bits per heavy atom. The molecular weight excluding hydrogens is 234 g/mol. The Morgan fingerprint density at radius 3 is 2.71 bits per heavy atom. The molecule has 0 aliphatic heterocycles. The van der Waals surface area contributed by atoms with E-state index in [1.54, 1.807) is 6.20 Å². The smallest absolute Gasteiger partial charge is 0.308 e. The second-order valence-electron chi connectivity index (χ2n) is 3.95. The number of carboxylic acids is 1. The highest BCUT2D eigenvalue weighted by atomic mass is 32.1. The lowest BCUT2D eigenvalue weighted by atomic mass is 10.1. The summed E-state index contributed by atoms with van der Waals surface area (Å²) in [6.07, 6.45) is 2.48. The van der Waals surface area contributed by atoms with Crippen LogP contribution in [0.25, 0.3) is 0 Å². The molecule has 1 aromatic carbocycles. The highest BCUT2D eigenvalue weighted by molar-refractivity contribution is 7.11. The van der Waals surface area contributed by atoms with Crippen molar-refractivity contribution in [2.45, 2.75) is 19.8 Å². The summed E-state index contributed by atoms with van der Waals surface area (Å²) in [7, 11) is 0. The van der Waals surface area contributed by atoms with Crippen molar-refractivity contribution < 1.29 is 9.90 Å². The minimum Gasteiger partial charge on any atom is -0.481 e. The number of carboxylic acid groups (broad SMARTS) is 1. The number of aryl methyl sites for hydroxylation is 1. The Balaban J connectivity index is 2.06. The molecular formula is C13H13NO2S. The Bertz CT molecular complexity index is 516. The first-order valence-electron chi connectivity index (χ1n) is 5.34. The molecule has 88 valence electrons. The Kier molecular flexibility index (Phi) is 3.54. The van der Waals surface area contributed by atoms with Gasteiger partial charge in [-0.3, -0.25) is 4.79 Å². The lowest BCUT2D eigenvalue weighted by Crippen LogP contribution is -1.97. The van der Waals surface area contributed by atoms with E-state index in [9.17, 15) is 4.79 Å². The van der Waals surface area contributed by atoms with E-state index in [0.717, 1.165) is 16.3 Å². The molecule has 4 heteroatoms. The third-order valence-corrected chi connectivity index (χ3v) is 3.40. The summed E-state index contributed by atoms with van der Waals surface area (Å²) in [5, 5.41) is 9.64. The van der Waals surface area contributed by atoms with Crippen LogP contribution in [0, 0.1) is 6.92 Å². The molecule has 0 bridgehead atoms. The fourth-order valence-corrected chi connectivity index (χ4v) is 2.49. The minimum atomic E-state index is -0.810. The van der Waals surface area contributed by atoms with E-state index < -0.39 is 5.97 Å². The summed E-state index contributed by atoms with van der Waals surface area (Å²) in [4.78, 5) is 15.6.